The van der Waals surface area contributed by atoms with Crippen molar-refractivity contribution in [1.29, 1.82) is 0 Å². The van der Waals surface area contributed by atoms with Gasteiger partial charge in [0.2, 0.25) is 6.23 Å². The van der Waals surface area contributed by atoms with Crippen LogP contribution in [0.1, 0.15) is 11.1 Å². The maximum Gasteiger partial charge on any atom is 0.362 e. The largest absolute Gasteiger partial charge is 0.477 e. The molecule has 5 heterocycles. The Kier molecular flexibility index (Phi) is 8.79. The van der Waals surface area contributed by atoms with Gasteiger partial charge >= 0.3 is 5.97 Å². The second-order valence-corrected chi connectivity index (χ2v) is 15.6. The molecule has 0 aliphatic rings. The van der Waals surface area contributed by atoms with Gasteiger partial charge in [0.05, 0.1) is 9.30 Å². The van der Waals surface area contributed by atoms with E-state index in [1.807, 2.05) is 6.07 Å². The van der Waals surface area contributed by atoms with Crippen molar-refractivity contribution in [3.8, 4) is 39.0 Å². The minimum absolute atomic E-state index is 0.371. The van der Waals surface area contributed by atoms with E-state index >= 15 is 0 Å². The summed E-state index contributed by atoms with van der Waals surface area (Å²) >= 11 is 10.9. The number of hydrogen-bond acceptors (Lipinski definition) is 8. The Labute approximate surface area is 252 Å². The summed E-state index contributed by atoms with van der Waals surface area (Å²) in [5.41, 5.74) is 9.93. The van der Waals surface area contributed by atoms with Crippen molar-refractivity contribution in [2.24, 2.45) is 0 Å². The number of carbonyl (C=O) groups excluding carboxylic acids is 1. The summed E-state index contributed by atoms with van der Waals surface area (Å²) in [4.78, 5) is 31.6. The molecule has 0 fully saturated rings. The molecule has 6 nitrogen and oxygen atoms in total. The Balaban J connectivity index is 1.54. The lowest BCUT2D eigenvalue weighted by Crippen LogP contribution is -2.65. The molecule has 0 aromatic carbocycles. The van der Waals surface area contributed by atoms with E-state index in [1.165, 1.54) is 17.5 Å². The van der Waals surface area contributed by atoms with E-state index < -0.39 is 18.2 Å². The van der Waals surface area contributed by atoms with Crippen LogP contribution in [0.25, 0.3) is 39.0 Å². The summed E-state index contributed by atoms with van der Waals surface area (Å²) in [5.74, 6) is -0.897. The van der Waals surface area contributed by atoms with Crippen LogP contribution in [-0.2, 0) is 27.2 Å². The van der Waals surface area contributed by atoms with Gasteiger partial charge in [-0.2, -0.15) is 0 Å². The second-order valence-electron chi connectivity index (χ2n) is 8.47. The fraction of sp³-hybridized carbons (Fsp3) is 0.154. The van der Waals surface area contributed by atoms with Crippen LogP contribution >= 0.6 is 79.3 Å². The minimum atomic E-state index is -0.897. The molecule has 12 heteroatoms. The molecule has 0 aliphatic heterocycles. The molecule has 0 saturated carbocycles. The number of rotatable bonds is 11. The smallest absolute Gasteiger partial charge is 0.362 e. The SMILES string of the molecule is [NH3+][C@H](Cc1cc(-c2cccs2)sc1-c1ccc(-c2sc(-c3ccc(I)s3)cc2C[C@H]([NH3+])C(=O)O)s1)OC=O. The lowest BCUT2D eigenvalue weighted by Gasteiger charge is -2.06. The van der Waals surface area contributed by atoms with Crippen molar-refractivity contribution in [3.05, 3.63) is 67.9 Å². The maximum absolute atomic E-state index is 11.6. The average Bonchev–Trinajstić information content (AvgIpc) is 3.68. The first-order valence-electron chi connectivity index (χ1n) is 11.5. The summed E-state index contributed by atoms with van der Waals surface area (Å²) in [6.45, 7) is 0.449. The molecular weight excluding hydrogens is 692 g/mol. The van der Waals surface area contributed by atoms with E-state index in [0.717, 1.165) is 35.5 Å². The standard InChI is InChI=1S/C26H21IN2O4S5/c27-22-6-5-17(36-22)21-9-13(8-15(28)26(31)32)24(38-21)18-3-4-19(35-18)25-14(11-23(29)33-12-30)10-20(37-25)16-2-1-7-34-16/h1-7,9-10,12,15,23H,8,11,28-29H2,(H,31,32)/p+2/t15-,23-/m0/s1. The van der Waals surface area contributed by atoms with E-state index in [9.17, 15) is 14.7 Å². The monoisotopic (exact) mass is 714 g/mol. The summed E-state index contributed by atoms with van der Waals surface area (Å²) in [6, 6.07) is 16.2. The van der Waals surface area contributed by atoms with Crippen molar-refractivity contribution in [2.75, 3.05) is 0 Å². The van der Waals surface area contributed by atoms with E-state index in [0.29, 0.717) is 19.3 Å². The normalized spacial score (nSPS) is 12.9. The fourth-order valence-corrected chi connectivity index (χ4v) is 10.2. The van der Waals surface area contributed by atoms with Crippen molar-refractivity contribution in [3.63, 3.8) is 0 Å². The summed E-state index contributed by atoms with van der Waals surface area (Å²) in [6.07, 6.45) is 0.424. The number of halogens is 1. The van der Waals surface area contributed by atoms with Gasteiger partial charge in [0, 0.05) is 45.4 Å². The Hall–Kier alpha value is -1.91. The molecule has 0 radical (unpaired) electrons. The Morgan fingerprint density at radius 3 is 2.05 bits per heavy atom. The number of quaternary nitrogens is 2. The van der Waals surface area contributed by atoms with Crippen LogP contribution in [0, 0.1) is 2.88 Å². The number of aliphatic carboxylic acids is 1. The first-order chi connectivity index (χ1) is 18.3. The highest BCUT2D eigenvalue weighted by Gasteiger charge is 2.24. The first-order valence-corrected chi connectivity index (χ1v) is 16.7. The third kappa shape index (κ3) is 6.12. The molecule has 38 heavy (non-hydrogen) atoms. The highest BCUT2D eigenvalue weighted by atomic mass is 127. The van der Waals surface area contributed by atoms with E-state index in [4.69, 9.17) is 4.74 Å². The third-order valence-corrected chi connectivity index (χ3v) is 12.7. The molecule has 0 saturated heterocycles. The van der Waals surface area contributed by atoms with Crippen molar-refractivity contribution < 1.29 is 30.9 Å². The number of hydrogen-bond donors (Lipinski definition) is 3. The number of thiophene rings is 5. The zero-order valence-corrected chi connectivity index (χ0v) is 26.1. The van der Waals surface area contributed by atoms with Gasteiger partial charge in [-0.3, -0.25) is 4.79 Å². The van der Waals surface area contributed by atoms with Gasteiger partial charge in [-0.15, -0.1) is 56.7 Å². The van der Waals surface area contributed by atoms with Gasteiger partial charge in [-0.05, 0) is 81.6 Å². The lowest BCUT2D eigenvalue weighted by molar-refractivity contribution is -0.477. The molecule has 5 rings (SSSR count). The predicted octanol–water partition coefficient (Wildman–Crippen LogP) is 5.79. The lowest BCUT2D eigenvalue weighted by atomic mass is 10.1. The van der Waals surface area contributed by atoms with Crippen molar-refractivity contribution >= 4 is 91.7 Å². The van der Waals surface area contributed by atoms with Crippen LogP contribution in [0.3, 0.4) is 0 Å². The molecule has 0 aliphatic carbocycles. The van der Waals surface area contributed by atoms with Gasteiger partial charge in [-0.25, -0.2) is 4.79 Å². The minimum Gasteiger partial charge on any atom is -0.477 e. The number of carboxylic acid groups (broad SMARTS) is 1. The zero-order valence-electron chi connectivity index (χ0n) is 19.8. The van der Waals surface area contributed by atoms with Crippen molar-refractivity contribution in [1.82, 2.24) is 0 Å². The van der Waals surface area contributed by atoms with Gasteiger partial charge in [0.1, 0.15) is 0 Å². The summed E-state index contributed by atoms with van der Waals surface area (Å²) < 4.78 is 6.31. The molecule has 0 spiro atoms. The van der Waals surface area contributed by atoms with Gasteiger partial charge in [0.15, 0.2) is 6.04 Å². The van der Waals surface area contributed by atoms with Crippen LogP contribution in [0.4, 0.5) is 0 Å². The van der Waals surface area contributed by atoms with Crippen LogP contribution < -0.4 is 11.5 Å². The highest BCUT2D eigenvalue weighted by Crippen LogP contribution is 2.47. The molecule has 0 bridgehead atoms. The highest BCUT2D eigenvalue weighted by molar-refractivity contribution is 14.1. The molecule has 7 N–H and O–H groups in total. The number of carboxylic acids is 1. The van der Waals surface area contributed by atoms with E-state index in [1.54, 1.807) is 56.7 Å². The molecule has 5 aromatic heterocycles. The Morgan fingerprint density at radius 1 is 0.868 bits per heavy atom. The van der Waals surface area contributed by atoms with Gasteiger partial charge in [0.25, 0.3) is 6.47 Å². The topological polar surface area (TPSA) is 119 Å². The molecular formula is C26H23IN2O4S5+2. The van der Waals surface area contributed by atoms with Crippen LogP contribution in [0.15, 0.2) is 53.9 Å². The Morgan fingerprint density at radius 2 is 1.50 bits per heavy atom. The third-order valence-electron chi connectivity index (χ3n) is 5.76. The second kappa shape index (κ2) is 12.1. The van der Waals surface area contributed by atoms with Gasteiger partial charge in [-0.1, -0.05) is 6.07 Å². The molecule has 196 valence electrons. The molecule has 0 amide bonds. The number of ether oxygens (including phenoxy) is 1. The van der Waals surface area contributed by atoms with Crippen LogP contribution in [0.5, 0.6) is 0 Å². The summed E-state index contributed by atoms with van der Waals surface area (Å²) in [5, 5.41) is 11.6. The molecule has 0 unspecified atom stereocenters. The zero-order chi connectivity index (χ0) is 26.8. The summed E-state index contributed by atoms with van der Waals surface area (Å²) in [7, 11) is 0. The molecule has 5 aromatic rings. The maximum atomic E-state index is 11.6. The van der Waals surface area contributed by atoms with Gasteiger partial charge < -0.3 is 21.3 Å². The quantitative estimate of drug-likeness (QED) is 0.0913. The van der Waals surface area contributed by atoms with E-state index in [2.05, 4.69) is 81.9 Å². The van der Waals surface area contributed by atoms with Crippen LogP contribution in [0.2, 0.25) is 0 Å². The number of carbonyl (C=O) groups is 2. The fourth-order valence-electron chi connectivity index (χ4n) is 3.99. The first kappa shape index (κ1) is 27.6. The molecule has 2 atom stereocenters. The Bertz CT molecular complexity index is 1570. The predicted molar refractivity (Wildman–Crippen MR) is 166 cm³/mol. The van der Waals surface area contributed by atoms with Crippen molar-refractivity contribution in [2.45, 2.75) is 25.1 Å². The van der Waals surface area contributed by atoms with Crippen LogP contribution in [-0.4, -0.2) is 29.8 Å². The average molecular weight is 715 g/mol. The van der Waals surface area contributed by atoms with E-state index in [-0.39, 0.29) is 0 Å².